The molecule has 1 atom stereocenters. The molecule has 96 valence electrons. The normalized spacial score (nSPS) is 26.9. The Labute approximate surface area is 110 Å². The second-order valence-electron chi connectivity index (χ2n) is 5.53. The maximum absolute atomic E-state index is 3.81. The van der Waals surface area contributed by atoms with E-state index in [1.165, 1.54) is 44.1 Å². The van der Waals surface area contributed by atoms with Gasteiger partial charge < -0.3 is 5.32 Å². The van der Waals surface area contributed by atoms with Crippen LogP contribution < -0.4 is 5.32 Å². The molecule has 0 bridgehead atoms. The molecule has 0 radical (unpaired) electrons. The molecule has 1 nitrogen and oxygen atoms in total. The van der Waals surface area contributed by atoms with Gasteiger partial charge in [0.1, 0.15) is 0 Å². The van der Waals surface area contributed by atoms with Crippen molar-refractivity contribution in [2.75, 3.05) is 0 Å². The summed E-state index contributed by atoms with van der Waals surface area (Å²) < 4.78 is 0. The SMILES string of the molecule is CCC1CCC(NC(C)Cc2ccsc2)CC1. The highest BCUT2D eigenvalue weighted by atomic mass is 32.1. The topological polar surface area (TPSA) is 12.0 Å². The molecule has 1 aliphatic rings. The molecule has 1 N–H and O–H groups in total. The fraction of sp³-hybridized carbons (Fsp3) is 0.733. The van der Waals surface area contributed by atoms with E-state index < -0.39 is 0 Å². The van der Waals surface area contributed by atoms with E-state index in [-0.39, 0.29) is 0 Å². The van der Waals surface area contributed by atoms with E-state index in [1.807, 2.05) is 0 Å². The quantitative estimate of drug-likeness (QED) is 0.825. The lowest BCUT2D eigenvalue weighted by Crippen LogP contribution is -2.40. The van der Waals surface area contributed by atoms with Gasteiger partial charge in [0.25, 0.3) is 0 Å². The van der Waals surface area contributed by atoms with Crippen LogP contribution in [0.25, 0.3) is 0 Å². The van der Waals surface area contributed by atoms with Crippen molar-refractivity contribution < 1.29 is 0 Å². The lowest BCUT2D eigenvalue weighted by atomic mass is 9.84. The van der Waals surface area contributed by atoms with Gasteiger partial charge in [-0.15, -0.1) is 0 Å². The third-order valence-corrected chi connectivity index (χ3v) is 4.80. The average molecular weight is 251 g/mol. The fourth-order valence-corrected chi connectivity index (χ4v) is 3.64. The first kappa shape index (κ1) is 13.1. The molecule has 1 saturated carbocycles. The molecule has 1 aliphatic carbocycles. The maximum atomic E-state index is 3.81. The van der Waals surface area contributed by atoms with Gasteiger partial charge in [-0.1, -0.05) is 13.3 Å². The minimum absolute atomic E-state index is 0.618. The number of rotatable bonds is 5. The first-order valence-electron chi connectivity index (χ1n) is 7.05. The van der Waals surface area contributed by atoms with E-state index in [4.69, 9.17) is 0 Å². The molecule has 2 rings (SSSR count). The zero-order valence-electron chi connectivity index (χ0n) is 11.1. The summed E-state index contributed by atoms with van der Waals surface area (Å²) in [5, 5.41) is 8.25. The number of thiophene rings is 1. The van der Waals surface area contributed by atoms with Crippen LogP contribution in [-0.4, -0.2) is 12.1 Å². The van der Waals surface area contributed by atoms with Gasteiger partial charge >= 0.3 is 0 Å². The first-order valence-corrected chi connectivity index (χ1v) is 7.99. The number of hydrogen-bond donors (Lipinski definition) is 1. The second kappa shape index (κ2) is 6.55. The molecule has 0 aliphatic heterocycles. The Hall–Kier alpha value is -0.340. The van der Waals surface area contributed by atoms with Crippen molar-refractivity contribution in [1.29, 1.82) is 0 Å². The standard InChI is InChI=1S/C15H25NS/c1-3-13-4-6-15(7-5-13)16-12(2)10-14-8-9-17-11-14/h8-9,11-13,15-16H,3-7,10H2,1-2H3. The highest BCUT2D eigenvalue weighted by Gasteiger charge is 2.20. The molecule has 2 heteroatoms. The Morgan fingerprint density at radius 2 is 2.12 bits per heavy atom. The zero-order valence-corrected chi connectivity index (χ0v) is 11.9. The third kappa shape index (κ3) is 4.11. The van der Waals surface area contributed by atoms with Crippen LogP contribution in [0.5, 0.6) is 0 Å². The van der Waals surface area contributed by atoms with Gasteiger partial charge in [0.15, 0.2) is 0 Å². The summed E-state index contributed by atoms with van der Waals surface area (Å²) in [6.45, 7) is 4.65. The van der Waals surface area contributed by atoms with Crippen LogP contribution in [0.1, 0.15) is 51.5 Å². The summed E-state index contributed by atoms with van der Waals surface area (Å²) in [7, 11) is 0. The third-order valence-electron chi connectivity index (χ3n) is 4.07. The Bertz CT molecular complexity index is 299. The molecule has 0 aromatic carbocycles. The molecule has 1 aromatic rings. The van der Waals surface area contributed by atoms with Gasteiger partial charge in [-0.2, -0.15) is 11.3 Å². The molecule has 1 fully saturated rings. The van der Waals surface area contributed by atoms with Crippen molar-refractivity contribution in [2.45, 2.75) is 64.5 Å². The lowest BCUT2D eigenvalue weighted by Gasteiger charge is -2.30. The van der Waals surface area contributed by atoms with Crippen molar-refractivity contribution in [3.8, 4) is 0 Å². The Morgan fingerprint density at radius 3 is 2.71 bits per heavy atom. The molecule has 1 aromatic heterocycles. The van der Waals surface area contributed by atoms with E-state index >= 15 is 0 Å². The van der Waals surface area contributed by atoms with Gasteiger partial charge in [0, 0.05) is 12.1 Å². The van der Waals surface area contributed by atoms with Crippen LogP contribution in [0, 0.1) is 5.92 Å². The van der Waals surface area contributed by atoms with Gasteiger partial charge in [-0.3, -0.25) is 0 Å². The molecule has 17 heavy (non-hydrogen) atoms. The Balaban J connectivity index is 1.70. The predicted molar refractivity (Wildman–Crippen MR) is 76.7 cm³/mol. The molecular formula is C15H25NS. The van der Waals surface area contributed by atoms with Crippen LogP contribution >= 0.6 is 11.3 Å². The van der Waals surface area contributed by atoms with Crippen LogP contribution in [0.2, 0.25) is 0 Å². The molecular weight excluding hydrogens is 226 g/mol. The summed E-state index contributed by atoms with van der Waals surface area (Å²) in [5.74, 6) is 1.00. The summed E-state index contributed by atoms with van der Waals surface area (Å²) in [4.78, 5) is 0. The largest absolute Gasteiger partial charge is 0.311 e. The minimum atomic E-state index is 0.618. The van der Waals surface area contributed by atoms with Crippen molar-refractivity contribution in [1.82, 2.24) is 5.32 Å². The van der Waals surface area contributed by atoms with Crippen LogP contribution in [0.15, 0.2) is 16.8 Å². The number of hydrogen-bond acceptors (Lipinski definition) is 2. The van der Waals surface area contributed by atoms with Crippen molar-refractivity contribution in [3.63, 3.8) is 0 Å². The molecule has 1 heterocycles. The average Bonchev–Trinajstić information content (AvgIpc) is 2.82. The van der Waals surface area contributed by atoms with Crippen LogP contribution in [0.3, 0.4) is 0 Å². The highest BCUT2D eigenvalue weighted by Crippen LogP contribution is 2.26. The first-order chi connectivity index (χ1) is 8.28. The van der Waals surface area contributed by atoms with Crippen LogP contribution in [-0.2, 0) is 6.42 Å². The van der Waals surface area contributed by atoms with Crippen LogP contribution in [0.4, 0.5) is 0 Å². The molecule has 0 spiro atoms. The summed E-state index contributed by atoms with van der Waals surface area (Å²) in [5.41, 5.74) is 1.48. The molecule has 0 saturated heterocycles. The Morgan fingerprint density at radius 1 is 1.35 bits per heavy atom. The minimum Gasteiger partial charge on any atom is -0.311 e. The van der Waals surface area contributed by atoms with E-state index in [0.29, 0.717) is 6.04 Å². The summed E-state index contributed by atoms with van der Waals surface area (Å²) >= 11 is 1.80. The van der Waals surface area contributed by atoms with Crippen molar-refractivity contribution >= 4 is 11.3 Å². The number of nitrogens with one attached hydrogen (secondary N) is 1. The van der Waals surface area contributed by atoms with E-state index in [2.05, 4.69) is 36.0 Å². The van der Waals surface area contributed by atoms with Gasteiger partial charge in [0.2, 0.25) is 0 Å². The summed E-state index contributed by atoms with van der Waals surface area (Å²) in [6.07, 6.45) is 8.17. The smallest absolute Gasteiger partial charge is 0.00820 e. The predicted octanol–water partition coefficient (Wildman–Crippen LogP) is 4.24. The lowest BCUT2D eigenvalue weighted by molar-refractivity contribution is 0.272. The molecule has 1 unspecified atom stereocenters. The summed E-state index contributed by atoms with van der Waals surface area (Å²) in [6, 6.07) is 3.64. The van der Waals surface area contributed by atoms with Gasteiger partial charge in [-0.05, 0) is 67.3 Å². The second-order valence-corrected chi connectivity index (χ2v) is 6.31. The van der Waals surface area contributed by atoms with E-state index in [1.54, 1.807) is 11.3 Å². The monoisotopic (exact) mass is 251 g/mol. The van der Waals surface area contributed by atoms with Gasteiger partial charge in [-0.25, -0.2) is 0 Å². The molecule has 0 amide bonds. The highest BCUT2D eigenvalue weighted by molar-refractivity contribution is 7.07. The Kier molecular flexibility index (Phi) is 5.05. The fourth-order valence-electron chi connectivity index (χ4n) is 2.96. The van der Waals surface area contributed by atoms with Crippen molar-refractivity contribution in [2.24, 2.45) is 5.92 Å². The maximum Gasteiger partial charge on any atom is 0.00820 e. The van der Waals surface area contributed by atoms with Gasteiger partial charge in [0.05, 0.1) is 0 Å². The van der Waals surface area contributed by atoms with E-state index in [9.17, 15) is 0 Å². The zero-order chi connectivity index (χ0) is 12.1. The van der Waals surface area contributed by atoms with Crippen molar-refractivity contribution in [3.05, 3.63) is 22.4 Å². The van der Waals surface area contributed by atoms with E-state index in [0.717, 1.165) is 12.0 Å².